The molecule has 0 fully saturated rings. The standard InChI is InChI=1S/C11H28N4O/c1-14(2)6-8-16-9-7-15(3)11(10-13)4-5-12/h11H,4-10,12-13H2,1-3H3. The first-order valence-electron chi connectivity index (χ1n) is 5.94. The Labute approximate surface area is 99.7 Å². The molecule has 0 saturated carbocycles. The third-order valence-electron chi connectivity index (χ3n) is 2.67. The number of hydrogen-bond acceptors (Lipinski definition) is 5. The van der Waals surface area contributed by atoms with Gasteiger partial charge in [-0.05, 0) is 34.1 Å². The summed E-state index contributed by atoms with van der Waals surface area (Å²) >= 11 is 0. The van der Waals surface area contributed by atoms with E-state index in [1.54, 1.807) is 0 Å². The summed E-state index contributed by atoms with van der Waals surface area (Å²) in [5.41, 5.74) is 11.2. The Kier molecular flexibility index (Phi) is 9.86. The van der Waals surface area contributed by atoms with Gasteiger partial charge in [-0.3, -0.25) is 4.90 Å². The smallest absolute Gasteiger partial charge is 0.0594 e. The van der Waals surface area contributed by atoms with Crippen LogP contribution in [0.4, 0.5) is 0 Å². The van der Waals surface area contributed by atoms with Gasteiger partial charge in [0.2, 0.25) is 0 Å². The zero-order chi connectivity index (χ0) is 12.4. The van der Waals surface area contributed by atoms with Gasteiger partial charge >= 0.3 is 0 Å². The minimum atomic E-state index is 0.377. The third-order valence-corrected chi connectivity index (χ3v) is 2.67. The summed E-state index contributed by atoms with van der Waals surface area (Å²) < 4.78 is 5.53. The van der Waals surface area contributed by atoms with E-state index in [0.29, 0.717) is 19.1 Å². The molecule has 0 bridgehead atoms. The van der Waals surface area contributed by atoms with Crippen LogP contribution in [0.25, 0.3) is 0 Å². The fourth-order valence-electron chi connectivity index (χ4n) is 1.45. The molecule has 5 nitrogen and oxygen atoms in total. The number of likely N-dealkylation sites (N-methyl/N-ethyl adjacent to an activating group) is 2. The van der Waals surface area contributed by atoms with E-state index in [4.69, 9.17) is 16.2 Å². The van der Waals surface area contributed by atoms with E-state index in [0.717, 1.165) is 32.7 Å². The Balaban J connectivity index is 3.51. The molecule has 0 aliphatic carbocycles. The highest BCUT2D eigenvalue weighted by atomic mass is 16.5. The lowest BCUT2D eigenvalue weighted by Crippen LogP contribution is -2.41. The van der Waals surface area contributed by atoms with Crippen LogP contribution in [0.15, 0.2) is 0 Å². The lowest BCUT2D eigenvalue weighted by molar-refractivity contribution is 0.0878. The first kappa shape index (κ1) is 15.8. The maximum absolute atomic E-state index is 5.69. The van der Waals surface area contributed by atoms with Gasteiger partial charge in [0.05, 0.1) is 13.2 Å². The van der Waals surface area contributed by atoms with Crippen molar-refractivity contribution in [2.75, 3.05) is 60.5 Å². The molecule has 0 saturated heterocycles. The van der Waals surface area contributed by atoms with Gasteiger partial charge in [-0.2, -0.15) is 0 Å². The van der Waals surface area contributed by atoms with Crippen molar-refractivity contribution in [2.45, 2.75) is 12.5 Å². The van der Waals surface area contributed by atoms with E-state index in [-0.39, 0.29) is 0 Å². The van der Waals surface area contributed by atoms with Crippen LogP contribution in [0.1, 0.15) is 6.42 Å². The number of nitrogens with two attached hydrogens (primary N) is 2. The van der Waals surface area contributed by atoms with E-state index in [2.05, 4.69) is 16.8 Å². The summed E-state index contributed by atoms with van der Waals surface area (Å²) in [5, 5.41) is 0. The Hall–Kier alpha value is -0.200. The summed E-state index contributed by atoms with van der Waals surface area (Å²) in [5.74, 6) is 0. The monoisotopic (exact) mass is 232 g/mol. The van der Waals surface area contributed by atoms with Gasteiger partial charge < -0.3 is 21.1 Å². The molecule has 1 atom stereocenters. The molecule has 0 amide bonds. The second kappa shape index (κ2) is 9.99. The number of rotatable bonds is 10. The van der Waals surface area contributed by atoms with Crippen LogP contribution in [0, 0.1) is 0 Å². The third kappa shape index (κ3) is 8.01. The van der Waals surface area contributed by atoms with Crippen molar-refractivity contribution >= 4 is 0 Å². The lowest BCUT2D eigenvalue weighted by atomic mass is 10.2. The molecule has 5 heteroatoms. The van der Waals surface area contributed by atoms with Gasteiger partial charge in [0.25, 0.3) is 0 Å². The summed E-state index contributed by atoms with van der Waals surface area (Å²) in [7, 11) is 6.16. The van der Waals surface area contributed by atoms with Crippen molar-refractivity contribution in [3.05, 3.63) is 0 Å². The van der Waals surface area contributed by atoms with E-state index >= 15 is 0 Å². The number of nitrogens with zero attached hydrogens (tertiary/aromatic N) is 2. The minimum Gasteiger partial charge on any atom is -0.379 e. The molecule has 4 N–H and O–H groups in total. The molecule has 0 aliphatic rings. The van der Waals surface area contributed by atoms with Gasteiger partial charge in [0.15, 0.2) is 0 Å². The summed E-state index contributed by atoms with van der Waals surface area (Å²) in [6, 6.07) is 0.377. The molecule has 0 rings (SSSR count). The first-order valence-corrected chi connectivity index (χ1v) is 5.94. The summed E-state index contributed by atoms with van der Waals surface area (Å²) in [6.07, 6.45) is 0.949. The van der Waals surface area contributed by atoms with Crippen LogP contribution < -0.4 is 11.5 Å². The fraction of sp³-hybridized carbons (Fsp3) is 1.00. The molecule has 0 aromatic rings. The molecule has 16 heavy (non-hydrogen) atoms. The van der Waals surface area contributed by atoms with Crippen molar-refractivity contribution < 1.29 is 4.74 Å². The van der Waals surface area contributed by atoms with Crippen LogP contribution in [-0.2, 0) is 4.74 Å². The van der Waals surface area contributed by atoms with E-state index < -0.39 is 0 Å². The normalized spacial score (nSPS) is 13.7. The van der Waals surface area contributed by atoms with E-state index in [1.165, 1.54) is 0 Å². The van der Waals surface area contributed by atoms with Crippen molar-refractivity contribution in [3.8, 4) is 0 Å². The SMILES string of the molecule is CN(C)CCOCCN(C)C(CN)CCN. The Morgan fingerprint density at radius 2 is 1.69 bits per heavy atom. The zero-order valence-electron chi connectivity index (χ0n) is 11.0. The minimum absolute atomic E-state index is 0.377. The quantitative estimate of drug-likeness (QED) is 0.481. The van der Waals surface area contributed by atoms with Crippen molar-refractivity contribution in [3.63, 3.8) is 0 Å². The molecular formula is C11H28N4O. The fourth-order valence-corrected chi connectivity index (χ4v) is 1.45. The highest BCUT2D eigenvalue weighted by molar-refractivity contribution is 4.69. The van der Waals surface area contributed by atoms with Gasteiger partial charge in [0.1, 0.15) is 0 Å². The maximum Gasteiger partial charge on any atom is 0.0594 e. The maximum atomic E-state index is 5.69. The van der Waals surface area contributed by atoms with Gasteiger partial charge in [-0.15, -0.1) is 0 Å². The van der Waals surface area contributed by atoms with Crippen molar-refractivity contribution in [2.24, 2.45) is 11.5 Å². The lowest BCUT2D eigenvalue weighted by Gasteiger charge is -2.26. The van der Waals surface area contributed by atoms with Crippen LogP contribution in [0.2, 0.25) is 0 Å². The molecule has 0 radical (unpaired) electrons. The largest absolute Gasteiger partial charge is 0.379 e. The predicted molar refractivity (Wildman–Crippen MR) is 68.5 cm³/mol. The average Bonchev–Trinajstić information content (AvgIpc) is 2.24. The Bertz CT molecular complexity index is 155. The number of hydrogen-bond donors (Lipinski definition) is 2. The van der Waals surface area contributed by atoms with Gasteiger partial charge in [-0.1, -0.05) is 0 Å². The average molecular weight is 232 g/mol. The molecule has 0 spiro atoms. The van der Waals surface area contributed by atoms with Crippen LogP contribution in [0.3, 0.4) is 0 Å². The highest BCUT2D eigenvalue weighted by Gasteiger charge is 2.11. The number of ether oxygens (including phenoxy) is 1. The van der Waals surface area contributed by atoms with Gasteiger partial charge in [-0.25, -0.2) is 0 Å². The molecule has 98 valence electrons. The van der Waals surface area contributed by atoms with Crippen molar-refractivity contribution in [1.82, 2.24) is 9.80 Å². The summed E-state index contributed by atoms with van der Waals surface area (Å²) in [6.45, 7) is 4.76. The second-order valence-electron chi connectivity index (χ2n) is 4.36. The van der Waals surface area contributed by atoms with E-state index in [1.807, 2.05) is 14.1 Å². The molecule has 0 aromatic carbocycles. The second-order valence-corrected chi connectivity index (χ2v) is 4.36. The zero-order valence-corrected chi connectivity index (χ0v) is 11.0. The first-order chi connectivity index (χ1) is 7.61. The highest BCUT2D eigenvalue weighted by Crippen LogP contribution is 1.98. The molecule has 0 heterocycles. The van der Waals surface area contributed by atoms with Crippen LogP contribution in [-0.4, -0.2) is 76.4 Å². The topological polar surface area (TPSA) is 67.8 Å². The Morgan fingerprint density at radius 3 is 2.19 bits per heavy atom. The molecule has 0 aliphatic heterocycles. The predicted octanol–water partition coefficient (Wildman–Crippen LogP) is -0.827. The van der Waals surface area contributed by atoms with E-state index in [9.17, 15) is 0 Å². The summed E-state index contributed by atoms with van der Waals surface area (Å²) in [4.78, 5) is 4.34. The molecule has 0 aromatic heterocycles. The molecular weight excluding hydrogens is 204 g/mol. The van der Waals surface area contributed by atoms with Crippen LogP contribution in [0.5, 0.6) is 0 Å². The van der Waals surface area contributed by atoms with Crippen molar-refractivity contribution in [1.29, 1.82) is 0 Å². The van der Waals surface area contributed by atoms with Crippen LogP contribution >= 0.6 is 0 Å². The Morgan fingerprint density at radius 1 is 1.06 bits per heavy atom. The molecule has 1 unspecified atom stereocenters. The van der Waals surface area contributed by atoms with Gasteiger partial charge in [0, 0.05) is 25.7 Å².